The van der Waals surface area contributed by atoms with Crippen molar-refractivity contribution in [3.63, 3.8) is 0 Å². The molecule has 0 aliphatic carbocycles. The molecule has 0 aromatic carbocycles. The molecule has 0 heterocycles. The zero-order valence-electron chi connectivity index (χ0n) is 14.1. The quantitative estimate of drug-likeness (QED) is 0.283. The van der Waals surface area contributed by atoms with Crippen molar-refractivity contribution in [3.05, 3.63) is 12.3 Å². The summed E-state index contributed by atoms with van der Waals surface area (Å²) >= 11 is 0. The van der Waals surface area contributed by atoms with Crippen LogP contribution in [0.2, 0.25) is 6.55 Å². The van der Waals surface area contributed by atoms with Crippen LogP contribution in [-0.4, -0.2) is 21.8 Å². The third-order valence-electron chi connectivity index (χ3n) is 3.64. The summed E-state index contributed by atoms with van der Waals surface area (Å²) in [5.74, 6) is 0. The molecule has 0 aliphatic rings. The summed E-state index contributed by atoms with van der Waals surface area (Å²) in [6.07, 6.45) is 12.7. The molecule has 0 amide bonds. The maximum absolute atomic E-state index is 5.99. The van der Waals surface area contributed by atoms with Crippen molar-refractivity contribution in [3.8, 4) is 0 Å². The van der Waals surface area contributed by atoms with Crippen LogP contribution in [0.4, 0.5) is 0 Å². The lowest BCUT2D eigenvalue weighted by Crippen LogP contribution is -2.37. The van der Waals surface area contributed by atoms with Gasteiger partial charge in [-0.1, -0.05) is 65.2 Å². The zero-order valence-corrected chi connectivity index (χ0v) is 15.1. The first-order valence-corrected chi connectivity index (χ1v) is 11.0. The summed E-state index contributed by atoms with van der Waals surface area (Å²) in [7, 11) is -2.10. The molecule has 0 bridgehead atoms. The molecule has 0 unspecified atom stereocenters. The Hall–Kier alpha value is -0.123. The predicted octanol–water partition coefficient (Wildman–Crippen LogP) is 5.76. The SMILES string of the molecule is C=C[Si](C)(OCCCCCCC)OCCCCCCC. The van der Waals surface area contributed by atoms with Crippen molar-refractivity contribution in [1.82, 2.24) is 0 Å². The van der Waals surface area contributed by atoms with Crippen LogP contribution in [0, 0.1) is 0 Å². The molecule has 0 aromatic rings. The van der Waals surface area contributed by atoms with Gasteiger partial charge >= 0.3 is 8.56 Å². The topological polar surface area (TPSA) is 18.5 Å². The van der Waals surface area contributed by atoms with Crippen molar-refractivity contribution in [2.24, 2.45) is 0 Å². The Morgan fingerprint density at radius 2 is 1.15 bits per heavy atom. The van der Waals surface area contributed by atoms with E-state index in [1.54, 1.807) is 0 Å². The highest BCUT2D eigenvalue weighted by Crippen LogP contribution is 2.12. The van der Waals surface area contributed by atoms with Gasteiger partial charge in [0.05, 0.1) is 0 Å². The summed E-state index contributed by atoms with van der Waals surface area (Å²) in [5, 5.41) is 0. The molecule has 0 saturated carbocycles. The summed E-state index contributed by atoms with van der Waals surface area (Å²) in [6.45, 7) is 12.2. The molecule has 3 heteroatoms. The number of rotatable bonds is 15. The Morgan fingerprint density at radius 3 is 1.50 bits per heavy atom. The minimum absolute atomic E-state index is 0.828. The fraction of sp³-hybridized carbons (Fsp3) is 0.882. The first kappa shape index (κ1) is 19.9. The molecule has 0 fully saturated rings. The average molecular weight is 301 g/mol. The highest BCUT2D eigenvalue weighted by Gasteiger charge is 2.26. The molecule has 2 nitrogen and oxygen atoms in total. The number of hydrogen-bond acceptors (Lipinski definition) is 2. The van der Waals surface area contributed by atoms with E-state index < -0.39 is 8.56 Å². The van der Waals surface area contributed by atoms with Crippen LogP contribution in [0.15, 0.2) is 12.3 Å². The molecule has 0 radical (unpaired) electrons. The van der Waals surface area contributed by atoms with E-state index in [1.807, 2.05) is 5.70 Å². The van der Waals surface area contributed by atoms with Gasteiger partial charge < -0.3 is 8.85 Å². The Kier molecular flexibility index (Phi) is 13.8. The van der Waals surface area contributed by atoms with Gasteiger partial charge in [0, 0.05) is 13.2 Å². The van der Waals surface area contributed by atoms with Crippen LogP contribution in [-0.2, 0) is 8.85 Å². The second kappa shape index (κ2) is 13.8. The van der Waals surface area contributed by atoms with E-state index in [1.165, 1.54) is 51.4 Å². The minimum atomic E-state index is -2.10. The Balaban J connectivity index is 3.60. The zero-order chi connectivity index (χ0) is 15.1. The van der Waals surface area contributed by atoms with Crippen LogP contribution >= 0.6 is 0 Å². The van der Waals surface area contributed by atoms with Gasteiger partial charge in [0.1, 0.15) is 0 Å². The van der Waals surface area contributed by atoms with Crippen LogP contribution < -0.4 is 0 Å². The van der Waals surface area contributed by atoms with Crippen molar-refractivity contribution in [2.75, 3.05) is 13.2 Å². The molecule has 120 valence electrons. The van der Waals surface area contributed by atoms with Gasteiger partial charge in [-0.3, -0.25) is 0 Å². The van der Waals surface area contributed by atoms with Crippen molar-refractivity contribution in [2.45, 2.75) is 84.6 Å². The standard InChI is InChI=1S/C17H36O2Si/c1-5-8-10-12-14-16-18-20(4,7-3)19-17-15-13-11-9-6-2/h7H,3,5-6,8-17H2,1-2,4H3. The molecule has 0 aliphatic heterocycles. The molecular weight excluding hydrogens is 264 g/mol. The third-order valence-corrected chi connectivity index (χ3v) is 5.94. The largest absolute Gasteiger partial charge is 0.391 e. The van der Waals surface area contributed by atoms with Crippen molar-refractivity contribution >= 4 is 8.56 Å². The number of hydrogen-bond donors (Lipinski definition) is 0. The Labute approximate surface area is 128 Å². The van der Waals surface area contributed by atoms with Gasteiger partial charge in [-0.15, -0.1) is 6.58 Å². The second-order valence-electron chi connectivity index (χ2n) is 5.75. The monoisotopic (exact) mass is 300 g/mol. The maximum atomic E-state index is 5.99. The lowest BCUT2D eigenvalue weighted by atomic mass is 10.2. The highest BCUT2D eigenvalue weighted by atomic mass is 28.4. The molecule has 0 rings (SSSR count). The number of unbranched alkanes of at least 4 members (excludes halogenated alkanes) is 8. The van der Waals surface area contributed by atoms with Crippen LogP contribution in [0.25, 0.3) is 0 Å². The second-order valence-corrected chi connectivity index (χ2v) is 8.76. The minimum Gasteiger partial charge on any atom is -0.391 e. The predicted molar refractivity (Wildman–Crippen MR) is 91.2 cm³/mol. The van der Waals surface area contributed by atoms with E-state index in [0.29, 0.717) is 0 Å². The average Bonchev–Trinajstić information content (AvgIpc) is 2.46. The fourth-order valence-electron chi connectivity index (χ4n) is 2.12. The van der Waals surface area contributed by atoms with Gasteiger partial charge in [0.15, 0.2) is 0 Å². The highest BCUT2D eigenvalue weighted by molar-refractivity contribution is 6.71. The molecular formula is C17H36O2Si. The summed E-state index contributed by atoms with van der Waals surface area (Å²) in [6, 6.07) is 0. The van der Waals surface area contributed by atoms with Crippen molar-refractivity contribution < 1.29 is 8.85 Å². The Bertz CT molecular complexity index is 203. The first-order chi connectivity index (χ1) is 9.68. The van der Waals surface area contributed by atoms with E-state index in [-0.39, 0.29) is 0 Å². The molecule has 20 heavy (non-hydrogen) atoms. The maximum Gasteiger partial charge on any atom is 0.361 e. The van der Waals surface area contributed by atoms with Gasteiger partial charge in [-0.05, 0) is 25.1 Å². The smallest absolute Gasteiger partial charge is 0.361 e. The van der Waals surface area contributed by atoms with E-state index in [9.17, 15) is 0 Å². The van der Waals surface area contributed by atoms with Gasteiger partial charge in [-0.25, -0.2) is 0 Å². The van der Waals surface area contributed by atoms with Gasteiger partial charge in [0.2, 0.25) is 0 Å². The van der Waals surface area contributed by atoms with E-state index in [2.05, 4.69) is 27.0 Å². The van der Waals surface area contributed by atoms with Crippen LogP contribution in [0.5, 0.6) is 0 Å². The molecule has 0 aromatic heterocycles. The van der Waals surface area contributed by atoms with Gasteiger partial charge in [0.25, 0.3) is 0 Å². The van der Waals surface area contributed by atoms with Crippen molar-refractivity contribution in [1.29, 1.82) is 0 Å². The lowest BCUT2D eigenvalue weighted by Gasteiger charge is -2.23. The summed E-state index contributed by atoms with van der Waals surface area (Å²) < 4.78 is 12.0. The van der Waals surface area contributed by atoms with E-state index >= 15 is 0 Å². The molecule has 0 N–H and O–H groups in total. The van der Waals surface area contributed by atoms with E-state index in [0.717, 1.165) is 26.1 Å². The fourth-order valence-corrected chi connectivity index (χ4v) is 3.54. The first-order valence-electron chi connectivity index (χ1n) is 8.60. The molecule has 0 atom stereocenters. The lowest BCUT2D eigenvalue weighted by molar-refractivity contribution is 0.177. The molecule has 0 saturated heterocycles. The summed E-state index contributed by atoms with van der Waals surface area (Å²) in [5.41, 5.74) is 1.92. The summed E-state index contributed by atoms with van der Waals surface area (Å²) in [4.78, 5) is 0. The van der Waals surface area contributed by atoms with Gasteiger partial charge in [-0.2, -0.15) is 0 Å². The Morgan fingerprint density at radius 1 is 0.750 bits per heavy atom. The normalized spacial score (nSPS) is 11.8. The van der Waals surface area contributed by atoms with E-state index in [4.69, 9.17) is 8.85 Å². The van der Waals surface area contributed by atoms with Crippen LogP contribution in [0.3, 0.4) is 0 Å². The molecule has 0 spiro atoms. The van der Waals surface area contributed by atoms with Crippen LogP contribution in [0.1, 0.15) is 78.1 Å². The third kappa shape index (κ3) is 11.7.